The number of hydrogen-bond donors (Lipinski definition) is 0. The zero-order chi connectivity index (χ0) is 23.8. The summed E-state index contributed by atoms with van der Waals surface area (Å²) in [6, 6.07) is 4.33. The Morgan fingerprint density at radius 2 is 1.62 bits per heavy atom. The molecule has 1 aromatic rings. The summed E-state index contributed by atoms with van der Waals surface area (Å²) in [7, 11) is -1.94. The van der Waals surface area contributed by atoms with Crippen LogP contribution in [-0.2, 0) is 15.3 Å². The van der Waals surface area contributed by atoms with Gasteiger partial charge >= 0.3 is 0 Å². The Hall–Kier alpha value is -1.13. The van der Waals surface area contributed by atoms with Crippen molar-refractivity contribution in [1.29, 1.82) is 0 Å². The molecule has 3 nitrogen and oxygen atoms in total. The highest BCUT2D eigenvalue weighted by Crippen LogP contribution is 2.61. The van der Waals surface area contributed by atoms with Crippen molar-refractivity contribution in [2.45, 2.75) is 128 Å². The average Bonchev–Trinajstić information content (AvgIpc) is 2.80. The molecule has 3 atom stereocenters. The van der Waals surface area contributed by atoms with Crippen molar-refractivity contribution >= 4 is 14.6 Å². The molecule has 0 N–H and O–H groups in total. The molecule has 180 valence electrons. The third kappa shape index (κ3) is 4.46. The van der Waals surface area contributed by atoms with Gasteiger partial charge in [0, 0.05) is 10.8 Å². The largest absolute Gasteiger partial charge is 0.493 e. The van der Waals surface area contributed by atoms with Gasteiger partial charge in [0.2, 0.25) is 0 Å². The Labute approximate surface area is 197 Å². The summed E-state index contributed by atoms with van der Waals surface area (Å²) in [6.45, 7) is 19.4. The number of benzene rings is 1. The molecule has 3 rings (SSSR count). The van der Waals surface area contributed by atoms with Gasteiger partial charge in [-0.15, -0.1) is 0 Å². The molecule has 2 unspecified atom stereocenters. The van der Waals surface area contributed by atoms with Crippen molar-refractivity contribution in [3.63, 3.8) is 0 Å². The minimum absolute atomic E-state index is 0.0293. The maximum atomic E-state index is 12.0. The molecule has 2 aliphatic rings. The molecule has 0 aliphatic heterocycles. The number of hydrogen-bond acceptors (Lipinski definition) is 3. The second kappa shape index (κ2) is 9.25. The lowest BCUT2D eigenvalue weighted by atomic mass is 9.66. The van der Waals surface area contributed by atoms with E-state index in [2.05, 4.69) is 66.8 Å². The maximum Gasteiger partial charge on any atom is 0.192 e. The molecule has 32 heavy (non-hydrogen) atoms. The number of carbonyl (C=O) groups is 1. The number of ether oxygens (including phenoxy) is 1. The third-order valence-electron chi connectivity index (χ3n) is 8.78. The molecular weight excluding hydrogens is 412 g/mol. The van der Waals surface area contributed by atoms with Crippen LogP contribution in [0.4, 0.5) is 0 Å². The van der Waals surface area contributed by atoms with E-state index in [-0.39, 0.29) is 22.0 Å². The van der Waals surface area contributed by atoms with Crippen LogP contribution < -0.4 is 4.74 Å². The highest BCUT2D eigenvalue weighted by Gasteiger charge is 2.60. The van der Waals surface area contributed by atoms with Crippen LogP contribution in [0.25, 0.3) is 0 Å². The van der Waals surface area contributed by atoms with Gasteiger partial charge in [0.1, 0.15) is 5.75 Å². The van der Waals surface area contributed by atoms with E-state index in [4.69, 9.17) is 9.16 Å². The van der Waals surface area contributed by atoms with E-state index in [9.17, 15) is 4.79 Å². The van der Waals surface area contributed by atoms with Crippen molar-refractivity contribution in [1.82, 2.24) is 0 Å². The number of fused-ring (bicyclic) bond motifs is 5. The standard InChI is InChI=1S/C28H46O3Si/c1-9-10-11-12-13-17-30-24-19-23-22(18-21(24)20-29)27(5)15-14-16-28(23,6)25(27)31-32(7,8)26(2,3)4/h18-20,25H,9-17H2,1-8H3/t25?,27?,28-/m0/s1. The van der Waals surface area contributed by atoms with E-state index in [0.717, 1.165) is 31.3 Å². The molecule has 2 bridgehead atoms. The number of unbranched alkanes of at least 4 members (excludes halogenated alkanes) is 4. The monoisotopic (exact) mass is 458 g/mol. The molecule has 2 aliphatic carbocycles. The van der Waals surface area contributed by atoms with Crippen LogP contribution in [0.3, 0.4) is 0 Å². The molecule has 0 radical (unpaired) electrons. The zero-order valence-electron chi connectivity index (χ0n) is 21.9. The molecule has 0 spiro atoms. The van der Waals surface area contributed by atoms with Crippen LogP contribution in [0.5, 0.6) is 5.75 Å². The maximum absolute atomic E-state index is 12.0. The Kier molecular flexibility index (Phi) is 7.37. The van der Waals surface area contributed by atoms with Crippen molar-refractivity contribution in [2.75, 3.05) is 6.61 Å². The van der Waals surface area contributed by atoms with Gasteiger partial charge in [-0.05, 0) is 60.7 Å². The third-order valence-corrected chi connectivity index (χ3v) is 13.2. The van der Waals surface area contributed by atoms with Crippen molar-refractivity contribution in [2.24, 2.45) is 0 Å². The number of aldehydes is 1. The summed E-state index contributed by atoms with van der Waals surface area (Å²) in [5.74, 6) is 0.762. The first-order chi connectivity index (χ1) is 14.9. The second-order valence-electron chi connectivity index (χ2n) is 12.3. The molecule has 0 heterocycles. The predicted octanol–water partition coefficient (Wildman–Crippen LogP) is 7.95. The highest BCUT2D eigenvalue weighted by molar-refractivity contribution is 6.74. The van der Waals surface area contributed by atoms with E-state index >= 15 is 0 Å². The van der Waals surface area contributed by atoms with Gasteiger partial charge in [-0.2, -0.15) is 0 Å². The number of rotatable bonds is 10. The summed E-state index contributed by atoms with van der Waals surface area (Å²) in [6.07, 6.45) is 10.6. The predicted molar refractivity (Wildman–Crippen MR) is 137 cm³/mol. The van der Waals surface area contributed by atoms with Gasteiger partial charge < -0.3 is 9.16 Å². The molecule has 0 aromatic heterocycles. The van der Waals surface area contributed by atoms with Crippen molar-refractivity contribution in [3.05, 3.63) is 28.8 Å². The topological polar surface area (TPSA) is 35.5 Å². The van der Waals surface area contributed by atoms with Crippen LogP contribution in [0, 0.1) is 0 Å². The van der Waals surface area contributed by atoms with Gasteiger partial charge in [-0.3, -0.25) is 4.79 Å². The van der Waals surface area contributed by atoms with Crippen molar-refractivity contribution < 1.29 is 14.0 Å². The van der Waals surface area contributed by atoms with E-state index in [1.165, 1.54) is 43.2 Å². The fraction of sp³-hybridized carbons (Fsp3) is 0.750. The zero-order valence-corrected chi connectivity index (χ0v) is 22.9. The summed E-state index contributed by atoms with van der Waals surface area (Å²) < 4.78 is 13.4. The molecule has 1 fully saturated rings. The second-order valence-corrected chi connectivity index (χ2v) is 17.0. The van der Waals surface area contributed by atoms with Gasteiger partial charge in [0.25, 0.3) is 0 Å². The summed E-state index contributed by atoms with van der Waals surface area (Å²) >= 11 is 0. The van der Waals surface area contributed by atoms with E-state index in [1.807, 2.05) is 0 Å². The van der Waals surface area contributed by atoms with E-state index in [1.54, 1.807) is 0 Å². The molecule has 1 saturated carbocycles. The Morgan fingerprint density at radius 1 is 1.03 bits per heavy atom. The molecule has 0 amide bonds. The van der Waals surface area contributed by atoms with Crippen LogP contribution >= 0.6 is 0 Å². The molecular formula is C28H46O3Si. The van der Waals surface area contributed by atoms with Gasteiger partial charge in [0.05, 0.1) is 18.3 Å². The fourth-order valence-electron chi connectivity index (χ4n) is 5.72. The molecule has 0 saturated heterocycles. The van der Waals surface area contributed by atoms with Crippen LogP contribution in [-0.4, -0.2) is 27.3 Å². The van der Waals surface area contributed by atoms with Crippen LogP contribution in [0.1, 0.15) is 114 Å². The van der Waals surface area contributed by atoms with Gasteiger partial charge in [-0.1, -0.05) is 73.6 Å². The lowest BCUT2D eigenvalue weighted by Crippen LogP contribution is -2.55. The summed E-state index contributed by atoms with van der Waals surface area (Å²) in [5, 5.41) is 0.169. The van der Waals surface area contributed by atoms with Crippen LogP contribution in [0.15, 0.2) is 12.1 Å². The van der Waals surface area contributed by atoms with E-state index < -0.39 is 8.32 Å². The Bertz CT molecular complexity index is 825. The molecule has 1 aromatic carbocycles. The minimum atomic E-state index is -1.94. The first kappa shape index (κ1) is 25.5. The number of carbonyl (C=O) groups excluding carboxylic acids is 1. The van der Waals surface area contributed by atoms with E-state index in [0.29, 0.717) is 12.2 Å². The highest BCUT2D eigenvalue weighted by atomic mass is 28.4. The average molecular weight is 459 g/mol. The lowest BCUT2D eigenvalue weighted by Gasteiger charge is -2.50. The minimum Gasteiger partial charge on any atom is -0.493 e. The summed E-state index contributed by atoms with van der Waals surface area (Å²) in [4.78, 5) is 12.0. The SMILES string of the molecule is CCCCCCCOc1cc2c(cc1C=O)C1(C)CCC[C@]2(C)C1O[Si](C)(C)C(C)(C)C. The fourth-order valence-corrected chi connectivity index (χ4v) is 7.18. The Morgan fingerprint density at radius 3 is 2.19 bits per heavy atom. The van der Waals surface area contributed by atoms with Crippen LogP contribution in [0.2, 0.25) is 18.1 Å². The smallest absolute Gasteiger partial charge is 0.192 e. The van der Waals surface area contributed by atoms with Crippen molar-refractivity contribution in [3.8, 4) is 5.75 Å². The normalized spacial score (nSPS) is 27.3. The van der Waals surface area contributed by atoms with Gasteiger partial charge in [0.15, 0.2) is 14.6 Å². The summed E-state index contributed by atoms with van der Waals surface area (Å²) in [5.41, 5.74) is 3.29. The first-order valence-electron chi connectivity index (χ1n) is 12.9. The molecule has 4 heteroatoms. The first-order valence-corrected chi connectivity index (χ1v) is 15.8. The lowest BCUT2D eigenvalue weighted by molar-refractivity contribution is 0.0182. The Balaban J connectivity index is 1.92. The quantitative estimate of drug-likeness (QED) is 0.203. The van der Waals surface area contributed by atoms with Gasteiger partial charge in [-0.25, -0.2) is 0 Å².